The van der Waals surface area contributed by atoms with Gasteiger partial charge in [-0.3, -0.25) is 4.72 Å². The van der Waals surface area contributed by atoms with Gasteiger partial charge in [0.15, 0.2) is 0 Å². The molecule has 0 amide bonds. The molecule has 0 radical (unpaired) electrons. The van der Waals surface area contributed by atoms with Gasteiger partial charge < -0.3 is 19.1 Å². The van der Waals surface area contributed by atoms with E-state index in [-0.39, 0.29) is 29.2 Å². The summed E-state index contributed by atoms with van der Waals surface area (Å²) in [4.78, 5) is 13.3. The van der Waals surface area contributed by atoms with E-state index in [1.165, 1.54) is 25.3 Å². The molecule has 2 unspecified atom stereocenters. The fourth-order valence-corrected chi connectivity index (χ4v) is 5.47. The number of anilines is 2. The summed E-state index contributed by atoms with van der Waals surface area (Å²) in [7, 11) is -2.08. The van der Waals surface area contributed by atoms with Crippen LogP contribution in [-0.2, 0) is 25.7 Å². The van der Waals surface area contributed by atoms with Crippen molar-refractivity contribution >= 4 is 27.4 Å². The number of alkyl halides is 3. The highest BCUT2D eigenvalue weighted by Gasteiger charge is 2.37. The van der Waals surface area contributed by atoms with Crippen molar-refractivity contribution in [1.82, 2.24) is 0 Å². The average molecular weight is 500 g/mol. The van der Waals surface area contributed by atoms with Gasteiger partial charge in [0.2, 0.25) is 0 Å². The molecule has 0 spiro atoms. The van der Waals surface area contributed by atoms with Crippen LogP contribution >= 0.6 is 0 Å². The lowest BCUT2D eigenvalue weighted by Gasteiger charge is -2.35. The second-order valence-electron chi connectivity index (χ2n) is 8.05. The standard InChI is InChI=1S/C22H23F3N2O6S/c1-31-19-8-3-13(21(28)32-2)9-20(19)34(29,30)26-17-10-14(22(23,24)25)4-7-18(17)27-11-15-5-6-16(12-27)33-15/h3-4,7-10,15-16,26H,5-6,11-12H2,1-2H3. The fraction of sp³-hybridized carbons (Fsp3) is 0.409. The Hall–Kier alpha value is -2.99. The Morgan fingerprint density at radius 2 is 1.76 bits per heavy atom. The third-order valence-corrected chi connectivity index (χ3v) is 7.21. The molecule has 0 aromatic heterocycles. The van der Waals surface area contributed by atoms with E-state index in [0.717, 1.165) is 38.2 Å². The maximum absolute atomic E-state index is 13.4. The third-order valence-electron chi connectivity index (χ3n) is 5.83. The quantitative estimate of drug-likeness (QED) is 0.605. The minimum Gasteiger partial charge on any atom is -0.495 e. The molecule has 2 fully saturated rings. The molecular formula is C22H23F3N2O6S. The molecule has 184 valence electrons. The van der Waals surface area contributed by atoms with Crippen LogP contribution < -0.4 is 14.4 Å². The van der Waals surface area contributed by atoms with Crippen LogP contribution in [0, 0.1) is 0 Å². The second-order valence-corrected chi connectivity index (χ2v) is 9.71. The first-order valence-electron chi connectivity index (χ1n) is 10.4. The number of sulfonamides is 1. The first-order valence-corrected chi connectivity index (χ1v) is 11.9. The van der Waals surface area contributed by atoms with Gasteiger partial charge >= 0.3 is 12.1 Å². The molecule has 2 heterocycles. The maximum atomic E-state index is 13.4. The SMILES string of the molecule is COC(=O)c1ccc(OC)c(S(=O)(=O)Nc2cc(C(F)(F)F)ccc2N2CC3CCC(C2)O3)c1. The number of ether oxygens (including phenoxy) is 3. The number of nitrogens with zero attached hydrogens (tertiary/aromatic N) is 1. The number of benzene rings is 2. The van der Waals surface area contributed by atoms with Crippen molar-refractivity contribution in [3.8, 4) is 5.75 Å². The van der Waals surface area contributed by atoms with Crippen LogP contribution in [0.4, 0.5) is 24.5 Å². The Kier molecular flexibility index (Phi) is 6.38. The number of rotatable bonds is 6. The van der Waals surface area contributed by atoms with Gasteiger partial charge in [0.05, 0.1) is 48.9 Å². The lowest BCUT2D eigenvalue weighted by Crippen LogP contribution is -2.43. The van der Waals surface area contributed by atoms with E-state index in [1.54, 1.807) is 0 Å². The van der Waals surface area contributed by atoms with Crippen LogP contribution in [0.3, 0.4) is 0 Å². The van der Waals surface area contributed by atoms with Gasteiger partial charge in [0.25, 0.3) is 10.0 Å². The van der Waals surface area contributed by atoms with E-state index < -0.39 is 32.6 Å². The summed E-state index contributed by atoms with van der Waals surface area (Å²) < 4.78 is 84.8. The lowest BCUT2D eigenvalue weighted by atomic mass is 10.1. The van der Waals surface area contributed by atoms with Crippen LogP contribution in [0.15, 0.2) is 41.3 Å². The molecule has 0 saturated carbocycles. The van der Waals surface area contributed by atoms with Crippen LogP contribution in [0.1, 0.15) is 28.8 Å². The number of hydrogen-bond donors (Lipinski definition) is 1. The van der Waals surface area contributed by atoms with Gasteiger partial charge in [-0.15, -0.1) is 0 Å². The van der Waals surface area contributed by atoms with E-state index in [9.17, 15) is 26.4 Å². The normalized spacial score (nSPS) is 20.2. The monoisotopic (exact) mass is 500 g/mol. The van der Waals surface area contributed by atoms with E-state index in [0.29, 0.717) is 18.8 Å². The highest BCUT2D eigenvalue weighted by atomic mass is 32.2. The number of nitrogens with one attached hydrogen (secondary N) is 1. The van der Waals surface area contributed by atoms with E-state index in [4.69, 9.17) is 9.47 Å². The van der Waals surface area contributed by atoms with Crippen molar-refractivity contribution in [3.63, 3.8) is 0 Å². The number of methoxy groups -OCH3 is 2. The molecule has 12 heteroatoms. The third kappa shape index (κ3) is 4.78. The van der Waals surface area contributed by atoms with Crippen molar-refractivity contribution in [2.75, 3.05) is 36.9 Å². The minimum atomic E-state index is -4.68. The molecule has 34 heavy (non-hydrogen) atoms. The summed E-state index contributed by atoms with van der Waals surface area (Å²) in [6.07, 6.45) is -3.14. The number of carbonyl (C=O) groups is 1. The molecular weight excluding hydrogens is 477 g/mol. The fourth-order valence-electron chi connectivity index (χ4n) is 4.21. The zero-order valence-electron chi connectivity index (χ0n) is 18.4. The largest absolute Gasteiger partial charge is 0.495 e. The van der Waals surface area contributed by atoms with Gasteiger partial charge in [-0.1, -0.05) is 0 Å². The number of fused-ring (bicyclic) bond motifs is 2. The number of halogens is 3. The zero-order valence-corrected chi connectivity index (χ0v) is 19.2. The summed E-state index contributed by atoms with van der Waals surface area (Å²) in [6, 6.07) is 6.59. The smallest absolute Gasteiger partial charge is 0.416 e. The molecule has 8 nitrogen and oxygen atoms in total. The minimum absolute atomic E-state index is 0.0577. The van der Waals surface area contributed by atoms with Crippen LogP contribution in [0.5, 0.6) is 5.75 Å². The zero-order chi connectivity index (χ0) is 24.7. The number of morpholine rings is 1. The molecule has 2 aliphatic rings. The van der Waals surface area contributed by atoms with E-state index in [2.05, 4.69) is 9.46 Å². The highest BCUT2D eigenvalue weighted by molar-refractivity contribution is 7.92. The first-order chi connectivity index (χ1) is 16.0. The maximum Gasteiger partial charge on any atom is 0.416 e. The van der Waals surface area contributed by atoms with Crippen LogP contribution in [0.25, 0.3) is 0 Å². The van der Waals surface area contributed by atoms with Crippen molar-refractivity contribution in [1.29, 1.82) is 0 Å². The Morgan fingerprint density at radius 3 is 2.35 bits per heavy atom. The van der Waals surface area contributed by atoms with Crippen molar-refractivity contribution in [3.05, 3.63) is 47.5 Å². The molecule has 2 aliphatic heterocycles. The molecule has 2 bridgehead atoms. The Morgan fingerprint density at radius 1 is 1.09 bits per heavy atom. The predicted octanol–water partition coefficient (Wildman–Crippen LogP) is 3.67. The summed E-state index contributed by atoms with van der Waals surface area (Å²) in [5.74, 6) is -0.860. The Balaban J connectivity index is 1.77. The summed E-state index contributed by atoms with van der Waals surface area (Å²) >= 11 is 0. The van der Waals surface area contributed by atoms with Crippen molar-refractivity contribution < 1.29 is 40.6 Å². The molecule has 2 saturated heterocycles. The first kappa shape index (κ1) is 24.1. The van der Waals surface area contributed by atoms with E-state index >= 15 is 0 Å². The molecule has 2 atom stereocenters. The lowest BCUT2D eigenvalue weighted by molar-refractivity contribution is -0.137. The second kappa shape index (κ2) is 8.99. The predicted molar refractivity (Wildman–Crippen MR) is 117 cm³/mol. The van der Waals surface area contributed by atoms with Gasteiger partial charge in [-0.2, -0.15) is 13.2 Å². The molecule has 2 aromatic rings. The van der Waals surface area contributed by atoms with Gasteiger partial charge in [-0.05, 0) is 49.2 Å². The van der Waals surface area contributed by atoms with Crippen molar-refractivity contribution in [2.24, 2.45) is 0 Å². The number of carbonyl (C=O) groups excluding carboxylic acids is 1. The number of esters is 1. The summed E-state index contributed by atoms with van der Waals surface area (Å²) in [5, 5.41) is 0. The molecule has 1 N–H and O–H groups in total. The highest BCUT2D eigenvalue weighted by Crippen LogP contribution is 2.39. The van der Waals surface area contributed by atoms with Gasteiger partial charge in [-0.25, -0.2) is 13.2 Å². The van der Waals surface area contributed by atoms with E-state index in [1.807, 2.05) is 4.90 Å². The summed E-state index contributed by atoms with van der Waals surface area (Å²) in [5.41, 5.74) is -0.986. The number of hydrogen-bond acceptors (Lipinski definition) is 7. The van der Waals surface area contributed by atoms with Crippen molar-refractivity contribution in [2.45, 2.75) is 36.1 Å². The Bertz CT molecular complexity index is 1190. The Labute approximate surface area is 194 Å². The van der Waals surface area contributed by atoms with Crippen LogP contribution in [0.2, 0.25) is 0 Å². The molecule has 2 aromatic carbocycles. The molecule has 0 aliphatic carbocycles. The van der Waals surface area contributed by atoms with Gasteiger partial charge in [0.1, 0.15) is 10.6 Å². The summed E-state index contributed by atoms with van der Waals surface area (Å²) in [6.45, 7) is 0.857. The molecule has 4 rings (SSSR count). The van der Waals surface area contributed by atoms with Crippen LogP contribution in [-0.4, -0.2) is 53.9 Å². The topological polar surface area (TPSA) is 94.2 Å². The van der Waals surface area contributed by atoms with Gasteiger partial charge in [0, 0.05) is 13.1 Å². The average Bonchev–Trinajstić information content (AvgIpc) is 3.14.